The number of phosphoric ester groups is 1. The molecule has 0 heterocycles. The molecule has 0 aliphatic heterocycles. The SMILES string of the molecule is CC/C=C\C/C=C\C/C=C\C/C=C\C/C=C\C/C=C\CCCCC(=O)OC(/C=C/CCCCCCCCCCCCC)C(COP(=O)(O)OCC[N+](C)(C)C)NC(=O)CCCCCCCCCCCCCCC. The largest absolute Gasteiger partial charge is 0.472 e. The van der Waals surface area contributed by atoms with Gasteiger partial charge in [-0.2, -0.15) is 0 Å². The molecule has 0 aromatic heterocycles. The highest BCUT2D eigenvalue weighted by Crippen LogP contribution is 2.43. The van der Waals surface area contributed by atoms with Gasteiger partial charge in [0.2, 0.25) is 5.91 Å². The van der Waals surface area contributed by atoms with Crippen molar-refractivity contribution in [2.75, 3.05) is 40.9 Å². The number of unbranched alkanes of at least 4 members (excludes halogenated alkanes) is 25. The number of rotatable bonds is 53. The fraction of sp³-hybridized carbons (Fsp3) is 0.746. The topological polar surface area (TPSA) is 111 Å². The molecule has 0 saturated carbocycles. The van der Waals surface area contributed by atoms with E-state index in [2.05, 4.69) is 99.0 Å². The molecule has 0 aliphatic carbocycles. The van der Waals surface area contributed by atoms with Crippen LogP contribution in [0.25, 0.3) is 0 Å². The zero-order chi connectivity index (χ0) is 53.6. The Kier molecular flexibility index (Phi) is 50.6. The second-order valence-corrected chi connectivity index (χ2v) is 22.6. The summed E-state index contributed by atoms with van der Waals surface area (Å²) in [6.07, 6.45) is 68.6. The van der Waals surface area contributed by atoms with Crippen molar-refractivity contribution in [3.05, 3.63) is 85.1 Å². The van der Waals surface area contributed by atoms with Gasteiger partial charge in [0, 0.05) is 12.8 Å². The molecule has 9 nitrogen and oxygen atoms in total. The van der Waals surface area contributed by atoms with Gasteiger partial charge in [-0.1, -0.05) is 241 Å². The number of allylic oxidation sites excluding steroid dienone is 13. The monoisotopic (exact) mass is 1040 g/mol. The predicted molar refractivity (Wildman–Crippen MR) is 314 cm³/mol. The van der Waals surface area contributed by atoms with Crippen LogP contribution < -0.4 is 5.32 Å². The van der Waals surface area contributed by atoms with Gasteiger partial charge in [-0.15, -0.1) is 0 Å². The van der Waals surface area contributed by atoms with Gasteiger partial charge in [0.25, 0.3) is 0 Å². The number of phosphoric acid groups is 1. The first-order chi connectivity index (χ1) is 35.4. The second kappa shape index (κ2) is 52.6. The Hall–Kier alpha value is -2.81. The number of carbonyl (C=O) groups excluding carboxylic acids is 2. The van der Waals surface area contributed by atoms with Gasteiger partial charge >= 0.3 is 13.8 Å². The number of likely N-dealkylation sites (N-methyl/N-ethyl adjacent to an activating group) is 1. The molecule has 0 bridgehead atoms. The number of hydrogen-bond donors (Lipinski definition) is 2. The highest BCUT2D eigenvalue weighted by molar-refractivity contribution is 7.47. The fourth-order valence-electron chi connectivity index (χ4n) is 8.24. The van der Waals surface area contributed by atoms with E-state index >= 15 is 0 Å². The molecule has 0 aromatic carbocycles. The number of amides is 1. The van der Waals surface area contributed by atoms with Gasteiger partial charge in [0.15, 0.2) is 0 Å². The lowest BCUT2D eigenvalue weighted by Gasteiger charge is -2.27. The Labute approximate surface area is 450 Å². The Bertz CT molecular complexity index is 1530. The minimum Gasteiger partial charge on any atom is -0.456 e. The molecule has 0 spiro atoms. The van der Waals surface area contributed by atoms with E-state index in [0.29, 0.717) is 23.9 Å². The second-order valence-electron chi connectivity index (χ2n) is 21.1. The van der Waals surface area contributed by atoms with Gasteiger partial charge < -0.3 is 19.4 Å². The summed E-state index contributed by atoms with van der Waals surface area (Å²) in [5.41, 5.74) is 0. The molecule has 0 aliphatic rings. The van der Waals surface area contributed by atoms with Crippen LogP contribution in [-0.2, 0) is 27.9 Å². The molecule has 3 atom stereocenters. The highest BCUT2D eigenvalue weighted by atomic mass is 31.2. The van der Waals surface area contributed by atoms with Crippen LogP contribution in [0.1, 0.15) is 252 Å². The summed E-state index contributed by atoms with van der Waals surface area (Å²) in [4.78, 5) is 37.6. The molecule has 3 unspecified atom stereocenters. The van der Waals surface area contributed by atoms with Gasteiger partial charge in [-0.3, -0.25) is 18.6 Å². The Morgan fingerprint density at radius 2 is 0.877 bits per heavy atom. The van der Waals surface area contributed by atoms with E-state index in [1.165, 1.54) is 122 Å². The molecule has 0 radical (unpaired) electrons. The lowest BCUT2D eigenvalue weighted by atomic mass is 10.0. The minimum atomic E-state index is -4.46. The third kappa shape index (κ3) is 53.8. The van der Waals surface area contributed by atoms with E-state index in [4.69, 9.17) is 13.8 Å². The van der Waals surface area contributed by atoms with Crippen molar-refractivity contribution in [1.82, 2.24) is 5.32 Å². The molecule has 10 heteroatoms. The van der Waals surface area contributed by atoms with Crippen LogP contribution in [0.2, 0.25) is 0 Å². The van der Waals surface area contributed by atoms with E-state index < -0.39 is 20.0 Å². The van der Waals surface area contributed by atoms with Crippen molar-refractivity contribution in [3.63, 3.8) is 0 Å². The Balaban J connectivity index is 5.39. The fourth-order valence-corrected chi connectivity index (χ4v) is 8.97. The number of carbonyl (C=O) groups is 2. The van der Waals surface area contributed by atoms with Gasteiger partial charge in [-0.05, 0) is 83.1 Å². The number of esters is 1. The maximum absolute atomic E-state index is 13.5. The van der Waals surface area contributed by atoms with Crippen LogP contribution in [-0.4, -0.2) is 74.3 Å². The number of ether oxygens (including phenoxy) is 1. The van der Waals surface area contributed by atoms with Crippen LogP contribution >= 0.6 is 7.82 Å². The summed E-state index contributed by atoms with van der Waals surface area (Å²) in [7, 11) is 1.47. The van der Waals surface area contributed by atoms with Crippen molar-refractivity contribution in [2.24, 2.45) is 0 Å². The zero-order valence-corrected chi connectivity index (χ0v) is 49.0. The molecule has 1 amide bonds. The van der Waals surface area contributed by atoms with Crippen LogP contribution in [0, 0.1) is 0 Å². The third-order valence-electron chi connectivity index (χ3n) is 12.8. The smallest absolute Gasteiger partial charge is 0.456 e. The van der Waals surface area contributed by atoms with Gasteiger partial charge in [0.05, 0.1) is 33.8 Å². The molecule has 2 N–H and O–H groups in total. The van der Waals surface area contributed by atoms with Crippen LogP contribution in [0.3, 0.4) is 0 Å². The van der Waals surface area contributed by atoms with Crippen molar-refractivity contribution in [2.45, 2.75) is 264 Å². The maximum Gasteiger partial charge on any atom is 0.472 e. The summed E-state index contributed by atoms with van der Waals surface area (Å²) in [6, 6.07) is -0.867. The first kappa shape index (κ1) is 70.2. The lowest BCUT2D eigenvalue weighted by Crippen LogP contribution is -2.47. The first-order valence-corrected chi connectivity index (χ1v) is 31.4. The van der Waals surface area contributed by atoms with Crippen LogP contribution in [0.15, 0.2) is 85.1 Å². The van der Waals surface area contributed by atoms with E-state index in [1.54, 1.807) is 0 Å². The number of quaternary nitrogens is 1. The van der Waals surface area contributed by atoms with E-state index in [-0.39, 0.29) is 31.5 Å². The number of hydrogen-bond acceptors (Lipinski definition) is 6. The molecule has 0 saturated heterocycles. The first-order valence-electron chi connectivity index (χ1n) is 29.9. The maximum atomic E-state index is 13.5. The van der Waals surface area contributed by atoms with E-state index in [1.807, 2.05) is 33.3 Å². The van der Waals surface area contributed by atoms with Crippen molar-refractivity contribution in [3.8, 4) is 0 Å². The zero-order valence-electron chi connectivity index (χ0n) is 48.1. The van der Waals surface area contributed by atoms with Crippen molar-refractivity contribution >= 4 is 19.7 Å². The van der Waals surface area contributed by atoms with Gasteiger partial charge in [-0.25, -0.2) is 4.57 Å². The van der Waals surface area contributed by atoms with Crippen LogP contribution in [0.4, 0.5) is 0 Å². The Morgan fingerprint density at radius 3 is 1.33 bits per heavy atom. The van der Waals surface area contributed by atoms with Crippen LogP contribution in [0.5, 0.6) is 0 Å². The molecule has 0 aromatic rings. The summed E-state index contributed by atoms with van der Waals surface area (Å²) >= 11 is 0. The van der Waals surface area contributed by atoms with Gasteiger partial charge in [0.1, 0.15) is 19.3 Å². The van der Waals surface area contributed by atoms with E-state index in [0.717, 1.165) is 89.9 Å². The average molecular weight is 1040 g/mol. The highest BCUT2D eigenvalue weighted by Gasteiger charge is 2.30. The lowest BCUT2D eigenvalue weighted by molar-refractivity contribution is -0.870. The van der Waals surface area contributed by atoms with Crippen molar-refractivity contribution in [1.29, 1.82) is 0 Å². The standard InChI is InChI=1S/C63H113N2O7P/c1-7-10-13-16-19-22-25-28-29-30-31-32-33-34-35-38-41-44-47-50-53-56-63(67)72-61(54-51-48-45-42-39-36-26-23-20-17-14-11-8-2)60(59-71-73(68,69)70-58-57-65(4,5)6)64-62(66)55-52-49-46-43-40-37-27-24-21-18-15-12-9-3/h10,13,19,22,28-29,31-32,34-35,41,44,51,54,60-61H,7-9,11-12,14-18,20-21,23-27,30,33,36-40,42-43,45-50,52-53,55-59H2,1-6H3,(H-,64,66,68,69)/p+1/b13-10-,22-19-,29-28-,32-31-,35-34-,44-41-,54-51+. The quantitative estimate of drug-likeness (QED) is 0.0205. The van der Waals surface area contributed by atoms with E-state index in [9.17, 15) is 19.0 Å². The normalized spacial score (nSPS) is 14.3. The molecule has 0 rings (SSSR count). The summed E-state index contributed by atoms with van der Waals surface area (Å²) in [5, 5.41) is 3.04. The van der Waals surface area contributed by atoms with Crippen molar-refractivity contribution < 1.29 is 37.3 Å². The molecular weight excluding hydrogens is 928 g/mol. The molecule has 422 valence electrons. The molecule has 73 heavy (non-hydrogen) atoms. The predicted octanol–water partition coefficient (Wildman–Crippen LogP) is 18.2. The summed E-state index contributed by atoms with van der Waals surface area (Å²) in [6.45, 7) is 6.87. The minimum absolute atomic E-state index is 0.0309. The third-order valence-corrected chi connectivity index (χ3v) is 13.8. The number of nitrogens with zero attached hydrogens (tertiary/aromatic N) is 1. The summed E-state index contributed by atoms with van der Waals surface area (Å²) in [5.74, 6) is -0.555. The summed E-state index contributed by atoms with van der Waals surface area (Å²) < 4.78 is 30.6. The molecule has 0 fully saturated rings. The number of nitrogens with one attached hydrogen (secondary N) is 1. The Morgan fingerprint density at radius 1 is 0.493 bits per heavy atom. The average Bonchev–Trinajstić information content (AvgIpc) is 3.35. The molecular formula is C63H114N2O7P+.